The number of hydrogen-bond donors (Lipinski definition) is 24. The van der Waals surface area contributed by atoms with Gasteiger partial charge in [-0.25, -0.2) is 9.36 Å². The maximum Gasteiger partial charge on any atom is 0.187 e. The molecule has 0 amide bonds. The molecule has 100 heavy (non-hydrogen) atoms. The fourth-order valence-electron chi connectivity index (χ4n) is 14.1. The number of aromatic nitrogens is 6. The first-order valence-electron chi connectivity index (χ1n) is 33.3. The van der Waals surface area contributed by atoms with Gasteiger partial charge in [0.2, 0.25) is 0 Å². The average molecular weight is 1430 g/mol. The predicted octanol–water partition coefficient (Wildman–Crippen LogP) is -15.7. The highest BCUT2D eigenvalue weighted by molar-refractivity contribution is 5.28. The Labute approximate surface area is 572 Å². The van der Waals surface area contributed by atoms with Crippen LogP contribution < -0.4 is 68.8 Å². The van der Waals surface area contributed by atoms with Crippen LogP contribution in [0.5, 0.6) is 0 Å². The second kappa shape index (κ2) is 32.8. The Kier molecular flexibility index (Phi) is 25.3. The Morgan fingerprint density at radius 2 is 0.600 bits per heavy atom. The molecule has 8 fully saturated rings. The van der Waals surface area contributed by atoms with E-state index in [2.05, 4.69) is 20.6 Å². The number of benzene rings is 1. The molecule has 3 aromatic rings. The smallest absolute Gasteiger partial charge is 0.187 e. The van der Waals surface area contributed by atoms with Crippen molar-refractivity contribution in [2.24, 2.45) is 68.8 Å². The maximum atomic E-state index is 12.1. The summed E-state index contributed by atoms with van der Waals surface area (Å²) in [6.45, 7) is -1.21. The second-order valence-electron chi connectivity index (χ2n) is 27.2. The van der Waals surface area contributed by atoms with Gasteiger partial charge in [-0.1, -0.05) is 34.7 Å². The molecule has 6 saturated heterocycles. The largest absolute Gasteiger partial charge is 0.389 e. The van der Waals surface area contributed by atoms with E-state index in [-0.39, 0.29) is 65.0 Å². The number of aliphatic hydroxyl groups is 12. The fourth-order valence-corrected chi connectivity index (χ4v) is 14.1. The summed E-state index contributed by atoms with van der Waals surface area (Å²) in [5.41, 5.74) is 76.8. The van der Waals surface area contributed by atoms with E-state index >= 15 is 0 Å². The van der Waals surface area contributed by atoms with Crippen LogP contribution in [0.15, 0.2) is 36.7 Å². The zero-order valence-electron chi connectivity index (χ0n) is 54.4. The molecule has 8 aliphatic rings. The lowest BCUT2D eigenvalue weighted by Gasteiger charge is -2.47. The molecule has 42 nitrogen and oxygen atoms in total. The molecular weight excluding hydrogens is 1330 g/mol. The molecule has 8 heterocycles. The van der Waals surface area contributed by atoms with Gasteiger partial charge in [0.15, 0.2) is 37.7 Å². The normalized spacial score (nSPS) is 47.2. The number of ether oxygens (including phenoxy) is 12. The molecule has 36 N–H and O–H groups in total. The summed E-state index contributed by atoms with van der Waals surface area (Å²) in [6, 6.07) is -1.63. The predicted molar refractivity (Wildman–Crippen MR) is 335 cm³/mol. The highest BCUT2D eigenvalue weighted by Gasteiger charge is 2.58. The van der Waals surface area contributed by atoms with Crippen LogP contribution >= 0.6 is 0 Å². The molecule has 0 bridgehead atoms. The van der Waals surface area contributed by atoms with Gasteiger partial charge in [-0.15, -0.1) is 10.2 Å². The molecule has 11 rings (SSSR count). The van der Waals surface area contributed by atoms with E-state index in [1.807, 2.05) is 24.3 Å². The van der Waals surface area contributed by atoms with Gasteiger partial charge in [0.05, 0.1) is 60.9 Å². The summed E-state index contributed by atoms with van der Waals surface area (Å²) in [4.78, 5) is 0. The molecule has 38 atom stereocenters. The molecule has 0 spiro atoms. The summed E-state index contributed by atoms with van der Waals surface area (Å²) in [5, 5.41) is 150. The van der Waals surface area contributed by atoms with E-state index in [0.29, 0.717) is 11.4 Å². The Bertz CT molecular complexity index is 2860. The van der Waals surface area contributed by atoms with Gasteiger partial charge in [-0.05, 0) is 24.0 Å². The SMILES string of the molecule is NC[C@@H]1O[C@H](O[C@H]2[C@@H](O)[C@H](O[C@@H]3[C@@H](O)[C@H](N)C[C@H](N)[C@H]3O[C@H]3O[C@H](CN)[C@@H](O)[C@H](O)[C@H]3N)O[C@@H]2Cn2cc(Cc3ccc(Cc4cn(C[C@H]5O[C@@H](O[C@@H]6[C@@H](O)[C@H](N)C[C@H](N)[C@H]6O[C@H]6O[C@H](CN)[C@@H](O)[C@H](O)[C@H]6N)[C@H](O)[C@@H]5O[C@H]5O[C@@H](CN)[C@@H](O)[C@H](O)[C@H]5N)nn4)cc3)nn2)[C@H](N)[C@@H](O)[C@@H]1O. The summed E-state index contributed by atoms with van der Waals surface area (Å²) >= 11 is 0. The van der Waals surface area contributed by atoms with E-state index in [4.69, 9.17) is 126 Å². The minimum Gasteiger partial charge on any atom is -0.389 e. The quantitative estimate of drug-likeness (QED) is 0.0396. The lowest BCUT2D eigenvalue weighted by molar-refractivity contribution is -0.306. The van der Waals surface area contributed by atoms with Gasteiger partial charge in [-0.3, -0.25) is 0 Å². The molecule has 0 unspecified atom stereocenters. The molecule has 1 aromatic carbocycles. The van der Waals surface area contributed by atoms with Crippen molar-refractivity contribution >= 4 is 0 Å². The summed E-state index contributed by atoms with van der Waals surface area (Å²) < 4.78 is 76.6. The first kappa shape index (κ1) is 77.2. The lowest BCUT2D eigenvalue weighted by Crippen LogP contribution is -2.68. The van der Waals surface area contributed by atoms with Crippen LogP contribution in [0.25, 0.3) is 0 Å². The number of aliphatic hydroxyl groups excluding tert-OH is 12. The molecule has 6 aliphatic heterocycles. The minimum absolute atomic E-state index is 0.0218. The zero-order chi connectivity index (χ0) is 72.0. The average Bonchev–Trinajstić information content (AvgIpc) is 1.48. The van der Waals surface area contributed by atoms with Crippen LogP contribution in [-0.2, 0) is 82.8 Å². The maximum absolute atomic E-state index is 12.1. The van der Waals surface area contributed by atoms with Gasteiger partial charge in [0, 0.05) is 75.6 Å². The van der Waals surface area contributed by atoms with Crippen molar-refractivity contribution in [3.05, 3.63) is 59.2 Å². The Morgan fingerprint density at radius 3 is 0.890 bits per heavy atom. The fraction of sp³-hybridized carbons (Fsp3) is 0.828. The Morgan fingerprint density at radius 1 is 0.330 bits per heavy atom. The van der Waals surface area contributed by atoms with Crippen LogP contribution in [0.4, 0.5) is 0 Å². The molecule has 0 radical (unpaired) electrons. The first-order valence-corrected chi connectivity index (χ1v) is 33.3. The third kappa shape index (κ3) is 16.2. The molecule has 2 aliphatic carbocycles. The monoisotopic (exact) mass is 1430 g/mol. The van der Waals surface area contributed by atoms with Crippen LogP contribution in [0.2, 0.25) is 0 Å². The third-order valence-corrected chi connectivity index (χ3v) is 20.1. The van der Waals surface area contributed by atoms with Crippen LogP contribution in [0, 0.1) is 0 Å². The first-order chi connectivity index (χ1) is 47.6. The Balaban J connectivity index is 0.757. The van der Waals surface area contributed by atoms with Crippen molar-refractivity contribution in [3.8, 4) is 0 Å². The van der Waals surface area contributed by atoms with Crippen molar-refractivity contribution < 1.29 is 118 Å². The number of hydrogen-bond acceptors (Lipinski definition) is 40. The topological polar surface area (TPSA) is 727 Å². The van der Waals surface area contributed by atoms with Crippen molar-refractivity contribution in [1.82, 2.24) is 30.0 Å². The molecule has 2 aromatic heterocycles. The van der Waals surface area contributed by atoms with Crippen molar-refractivity contribution in [1.29, 1.82) is 0 Å². The molecule has 566 valence electrons. The number of rotatable bonds is 24. The van der Waals surface area contributed by atoms with Crippen LogP contribution in [-0.4, -0.2) is 350 Å². The number of nitrogens with two attached hydrogens (primary N) is 12. The Hall–Kier alpha value is -3.94. The van der Waals surface area contributed by atoms with Gasteiger partial charge in [-0.2, -0.15) is 0 Å². The minimum atomic E-state index is -1.71. The van der Waals surface area contributed by atoms with E-state index in [1.54, 1.807) is 12.4 Å². The van der Waals surface area contributed by atoms with Crippen LogP contribution in [0.3, 0.4) is 0 Å². The van der Waals surface area contributed by atoms with E-state index in [1.165, 1.54) is 9.36 Å². The van der Waals surface area contributed by atoms with Gasteiger partial charge in [0.1, 0.15) is 134 Å². The van der Waals surface area contributed by atoms with Gasteiger partial charge < -0.3 is 187 Å². The number of nitrogens with zero attached hydrogens (tertiary/aromatic N) is 6. The summed E-state index contributed by atoms with van der Waals surface area (Å²) in [5.74, 6) is 0. The summed E-state index contributed by atoms with van der Waals surface area (Å²) in [7, 11) is 0. The lowest BCUT2D eigenvalue weighted by atomic mass is 9.84. The second-order valence-corrected chi connectivity index (χ2v) is 27.2. The van der Waals surface area contributed by atoms with E-state index in [0.717, 1.165) is 11.1 Å². The molecular formula is C58H100N18O24. The van der Waals surface area contributed by atoms with Gasteiger partial charge in [0.25, 0.3) is 0 Å². The van der Waals surface area contributed by atoms with E-state index in [9.17, 15) is 61.3 Å². The van der Waals surface area contributed by atoms with Crippen molar-refractivity contribution in [2.75, 3.05) is 26.2 Å². The van der Waals surface area contributed by atoms with Crippen LogP contribution in [0.1, 0.15) is 35.4 Å². The van der Waals surface area contributed by atoms with E-state index < -0.39 is 233 Å². The molecule has 2 saturated carbocycles. The summed E-state index contributed by atoms with van der Waals surface area (Å²) in [6.07, 6.45) is -38.4. The van der Waals surface area contributed by atoms with Crippen molar-refractivity contribution in [3.63, 3.8) is 0 Å². The third-order valence-electron chi connectivity index (χ3n) is 20.1. The van der Waals surface area contributed by atoms with Gasteiger partial charge >= 0.3 is 0 Å². The zero-order valence-corrected chi connectivity index (χ0v) is 54.4. The highest BCUT2D eigenvalue weighted by atomic mass is 16.8. The van der Waals surface area contributed by atoms with Crippen molar-refractivity contribution in [2.45, 2.75) is 271 Å². The standard InChI is InChI=1S/C58H100N18O24/c59-9-25-37(79)41(83)31(67)53(89-25)95-47-23(65)7-21(63)35(77)51(47)99-57-45(87)49(97-55-33(69)43(85)39(81)27(11-61)91-55)29(93-57)15-75-13-19(71-73-75)5-17-1-2-18(4-3-17)6-20-14-76(74-72-20)16-30-50(98-56-34(70)44(86)40(82)28(12-62)92-56)46(88)58(94-30)100-52-36(78)22(64)8-24(66)48(52)96-54-32(68)42(84)38(80)26(10-60)90-54/h1-4,13-14,21-58,77-88H,5-12,15-16,59-70H2/t21-,22-,23+,24+,25-,26-,27+,28+,29-,30-,31-,32-,33-,34-,35+,36+,37-,38-,39-,40-,41-,42-,43-,44-,45-,46-,47-,48-,49-,50-,51-,52-,53-,54-,55-,56-,57+,58+/m1/s1. The molecule has 42 heteroatoms. The highest BCUT2D eigenvalue weighted by Crippen LogP contribution is 2.38.